The van der Waals surface area contributed by atoms with Gasteiger partial charge in [0.1, 0.15) is 0 Å². The summed E-state index contributed by atoms with van der Waals surface area (Å²) in [7, 11) is 0. The van der Waals surface area contributed by atoms with E-state index in [2.05, 4.69) is 73.9 Å². The molecular weight excluding hydrogens is 326 g/mol. The molecule has 106 valence electrons. The van der Waals surface area contributed by atoms with E-state index in [-0.39, 0.29) is 0 Å². The lowest BCUT2D eigenvalue weighted by Crippen LogP contribution is -2.33. The minimum Gasteiger partial charge on any atom is -0.382 e. The normalized spacial score (nSPS) is 21.2. The van der Waals surface area contributed by atoms with E-state index in [1.807, 2.05) is 6.20 Å². The van der Waals surface area contributed by atoms with Gasteiger partial charge in [-0.15, -0.1) is 0 Å². The molecule has 2 aromatic carbocycles. The van der Waals surface area contributed by atoms with Crippen LogP contribution in [0.3, 0.4) is 0 Å². The zero-order valence-corrected chi connectivity index (χ0v) is 13.1. The molecule has 3 aromatic rings. The first-order valence-electron chi connectivity index (χ1n) is 7.23. The van der Waals surface area contributed by atoms with Crippen molar-refractivity contribution in [3.63, 3.8) is 0 Å². The molecular formula is C17H16BrN3. The highest BCUT2D eigenvalue weighted by molar-refractivity contribution is 9.10. The van der Waals surface area contributed by atoms with Gasteiger partial charge >= 0.3 is 0 Å². The van der Waals surface area contributed by atoms with Crippen LogP contribution >= 0.6 is 15.9 Å². The van der Waals surface area contributed by atoms with Crippen molar-refractivity contribution in [3.05, 3.63) is 58.7 Å². The Morgan fingerprint density at radius 3 is 2.90 bits per heavy atom. The van der Waals surface area contributed by atoms with E-state index in [0.29, 0.717) is 12.0 Å². The summed E-state index contributed by atoms with van der Waals surface area (Å²) in [6.45, 7) is 0. The lowest BCUT2D eigenvalue weighted by molar-refractivity contribution is 0.374. The van der Waals surface area contributed by atoms with Crippen molar-refractivity contribution in [2.24, 2.45) is 0 Å². The van der Waals surface area contributed by atoms with E-state index >= 15 is 0 Å². The van der Waals surface area contributed by atoms with Gasteiger partial charge in [-0.1, -0.05) is 28.1 Å². The first-order chi connectivity index (χ1) is 10.3. The van der Waals surface area contributed by atoms with Gasteiger partial charge in [-0.3, -0.25) is 5.10 Å². The molecule has 0 atom stereocenters. The van der Waals surface area contributed by atoms with Crippen LogP contribution in [0.1, 0.15) is 24.3 Å². The predicted molar refractivity (Wildman–Crippen MR) is 89.6 cm³/mol. The van der Waals surface area contributed by atoms with Crippen molar-refractivity contribution in [1.29, 1.82) is 0 Å². The molecule has 4 rings (SSSR count). The van der Waals surface area contributed by atoms with Crippen LogP contribution in [-0.2, 0) is 0 Å². The third kappa shape index (κ3) is 2.56. The lowest BCUT2D eigenvalue weighted by atomic mass is 9.76. The van der Waals surface area contributed by atoms with Gasteiger partial charge < -0.3 is 5.32 Å². The maximum absolute atomic E-state index is 4.06. The molecule has 0 saturated heterocycles. The predicted octanol–water partition coefficient (Wildman–Crippen LogP) is 4.68. The van der Waals surface area contributed by atoms with Crippen molar-refractivity contribution in [2.75, 3.05) is 5.32 Å². The standard InChI is InChI=1S/C17H16BrN3/c18-14-3-1-2-11(6-14)13-7-16(8-13)20-15-5-4-12-10-19-21-17(12)9-15/h1-6,9-10,13,16,20H,7-8H2,(H,19,21). The van der Waals surface area contributed by atoms with Crippen LogP contribution in [0, 0.1) is 0 Å². The van der Waals surface area contributed by atoms with Gasteiger partial charge in [-0.25, -0.2) is 0 Å². The van der Waals surface area contributed by atoms with E-state index in [1.54, 1.807) is 0 Å². The molecule has 4 heteroatoms. The van der Waals surface area contributed by atoms with E-state index in [4.69, 9.17) is 0 Å². The summed E-state index contributed by atoms with van der Waals surface area (Å²) in [5.74, 6) is 0.677. The number of rotatable bonds is 3. The Labute approximate surface area is 131 Å². The van der Waals surface area contributed by atoms with E-state index in [0.717, 1.165) is 10.9 Å². The third-order valence-corrected chi connectivity index (χ3v) is 4.76. The summed E-state index contributed by atoms with van der Waals surface area (Å²) in [4.78, 5) is 0. The molecule has 21 heavy (non-hydrogen) atoms. The molecule has 2 N–H and O–H groups in total. The van der Waals surface area contributed by atoms with Gasteiger partial charge in [-0.2, -0.15) is 5.10 Å². The zero-order valence-electron chi connectivity index (χ0n) is 11.5. The summed E-state index contributed by atoms with van der Waals surface area (Å²) < 4.78 is 1.17. The molecule has 1 fully saturated rings. The number of aromatic nitrogens is 2. The van der Waals surface area contributed by atoms with E-state index in [1.165, 1.54) is 28.6 Å². The fourth-order valence-electron chi connectivity index (χ4n) is 3.03. The number of anilines is 1. The van der Waals surface area contributed by atoms with Gasteiger partial charge in [0.25, 0.3) is 0 Å². The summed E-state index contributed by atoms with van der Waals surface area (Å²) in [5, 5.41) is 11.8. The maximum Gasteiger partial charge on any atom is 0.0670 e. The molecule has 3 nitrogen and oxygen atoms in total. The highest BCUT2D eigenvalue weighted by Gasteiger charge is 2.30. The Hall–Kier alpha value is -1.81. The number of aromatic amines is 1. The Morgan fingerprint density at radius 1 is 1.14 bits per heavy atom. The first kappa shape index (κ1) is 12.9. The smallest absolute Gasteiger partial charge is 0.0670 e. The fraction of sp³-hybridized carbons (Fsp3) is 0.235. The van der Waals surface area contributed by atoms with Crippen LogP contribution in [0.4, 0.5) is 5.69 Å². The summed E-state index contributed by atoms with van der Waals surface area (Å²) in [6, 6.07) is 15.6. The van der Waals surface area contributed by atoms with Gasteiger partial charge in [0.05, 0.1) is 11.7 Å². The first-order valence-corrected chi connectivity index (χ1v) is 8.02. The molecule has 0 radical (unpaired) electrons. The topological polar surface area (TPSA) is 40.7 Å². The van der Waals surface area contributed by atoms with Gasteiger partial charge in [0.2, 0.25) is 0 Å². The number of fused-ring (bicyclic) bond motifs is 1. The molecule has 0 unspecified atom stereocenters. The fourth-order valence-corrected chi connectivity index (χ4v) is 3.45. The molecule has 1 aliphatic carbocycles. The Bertz CT molecular complexity index is 774. The van der Waals surface area contributed by atoms with Crippen molar-refractivity contribution in [2.45, 2.75) is 24.8 Å². The number of benzene rings is 2. The molecule has 1 aliphatic rings. The quantitative estimate of drug-likeness (QED) is 0.725. The number of nitrogens with one attached hydrogen (secondary N) is 2. The van der Waals surface area contributed by atoms with Crippen LogP contribution in [0.2, 0.25) is 0 Å². The molecule has 1 saturated carbocycles. The summed E-state index contributed by atoms with van der Waals surface area (Å²) >= 11 is 3.55. The molecule has 0 spiro atoms. The highest BCUT2D eigenvalue weighted by atomic mass is 79.9. The number of nitrogens with zero attached hydrogens (tertiary/aromatic N) is 1. The van der Waals surface area contributed by atoms with Crippen molar-refractivity contribution >= 4 is 32.5 Å². The minimum atomic E-state index is 0.564. The van der Waals surface area contributed by atoms with Crippen LogP contribution in [0.5, 0.6) is 0 Å². The zero-order chi connectivity index (χ0) is 14.2. The monoisotopic (exact) mass is 341 g/mol. The van der Waals surface area contributed by atoms with Crippen molar-refractivity contribution < 1.29 is 0 Å². The number of hydrogen-bond donors (Lipinski definition) is 2. The average Bonchev–Trinajstić information content (AvgIpc) is 2.89. The van der Waals surface area contributed by atoms with E-state index in [9.17, 15) is 0 Å². The maximum atomic E-state index is 4.06. The number of H-pyrrole nitrogens is 1. The highest BCUT2D eigenvalue weighted by Crippen LogP contribution is 2.39. The second-order valence-corrected chi connectivity index (χ2v) is 6.65. The molecule has 1 heterocycles. The molecule has 1 aromatic heterocycles. The summed E-state index contributed by atoms with van der Waals surface area (Å²) in [5.41, 5.74) is 3.69. The number of hydrogen-bond acceptors (Lipinski definition) is 2. The molecule has 0 aliphatic heterocycles. The second-order valence-electron chi connectivity index (χ2n) is 5.74. The largest absolute Gasteiger partial charge is 0.382 e. The lowest BCUT2D eigenvalue weighted by Gasteiger charge is -2.37. The van der Waals surface area contributed by atoms with Crippen molar-refractivity contribution in [1.82, 2.24) is 10.2 Å². The minimum absolute atomic E-state index is 0.564. The molecule has 0 bridgehead atoms. The van der Waals surface area contributed by atoms with Gasteiger partial charge in [0, 0.05) is 21.6 Å². The number of halogens is 1. The van der Waals surface area contributed by atoms with Gasteiger partial charge in [0.15, 0.2) is 0 Å². The second kappa shape index (κ2) is 5.19. The summed E-state index contributed by atoms with van der Waals surface area (Å²) in [6.07, 6.45) is 4.24. The van der Waals surface area contributed by atoms with Crippen LogP contribution in [0.15, 0.2) is 53.1 Å². The van der Waals surface area contributed by atoms with Crippen molar-refractivity contribution in [3.8, 4) is 0 Å². The Kier molecular flexibility index (Phi) is 3.19. The SMILES string of the molecule is Brc1cccc(C2CC(Nc3ccc4cn[nH]c4c3)C2)c1. The van der Waals surface area contributed by atoms with Gasteiger partial charge in [-0.05, 0) is 54.7 Å². The molecule has 0 amide bonds. The Morgan fingerprint density at radius 2 is 2.05 bits per heavy atom. The Balaban J connectivity index is 1.41. The van der Waals surface area contributed by atoms with Crippen LogP contribution < -0.4 is 5.32 Å². The van der Waals surface area contributed by atoms with Crippen LogP contribution in [-0.4, -0.2) is 16.2 Å². The van der Waals surface area contributed by atoms with Crippen LogP contribution in [0.25, 0.3) is 10.9 Å². The average molecular weight is 342 g/mol. The van der Waals surface area contributed by atoms with E-state index < -0.39 is 0 Å². The third-order valence-electron chi connectivity index (χ3n) is 4.27.